The predicted molar refractivity (Wildman–Crippen MR) is 64.1 cm³/mol. The summed E-state index contributed by atoms with van der Waals surface area (Å²) in [4.78, 5) is 0. The van der Waals surface area contributed by atoms with Crippen molar-refractivity contribution in [1.82, 2.24) is 0 Å². The highest BCUT2D eigenvalue weighted by molar-refractivity contribution is 5.24. The molecule has 4 rings (SSSR count). The van der Waals surface area contributed by atoms with Crippen LogP contribution in [0.25, 0.3) is 0 Å². The van der Waals surface area contributed by atoms with Gasteiger partial charge in [0.15, 0.2) is 0 Å². The van der Waals surface area contributed by atoms with Crippen molar-refractivity contribution >= 4 is 0 Å². The van der Waals surface area contributed by atoms with Crippen LogP contribution in [0, 0.1) is 28.6 Å². The molecule has 1 aliphatic heterocycles. The van der Waals surface area contributed by atoms with Crippen LogP contribution in [0.1, 0.15) is 53.4 Å². The molecule has 90 valence electrons. The number of ether oxygens (including phenoxy) is 1. The summed E-state index contributed by atoms with van der Waals surface area (Å²) in [5.41, 5.74) is 1.44. The van der Waals surface area contributed by atoms with Crippen molar-refractivity contribution in [2.24, 2.45) is 28.6 Å². The molecule has 6 atom stereocenters. The topological polar surface area (TPSA) is 12.5 Å². The molecule has 4 aliphatic rings. The molecule has 1 heteroatoms. The monoisotopic (exact) mass is 220 g/mol. The van der Waals surface area contributed by atoms with Gasteiger partial charge in [0.05, 0.1) is 11.7 Å². The Morgan fingerprint density at radius 1 is 1.00 bits per heavy atom. The molecule has 1 saturated heterocycles. The Balaban J connectivity index is 1.85. The maximum atomic E-state index is 6.09. The van der Waals surface area contributed by atoms with Gasteiger partial charge in [-0.15, -0.1) is 0 Å². The standard InChI is InChI=1S/C15H24O/c1-9-5-6-10-13(2,3)11-7-15(9,10)8-12-14(11,4)16-12/h9-12H,5-8H2,1-4H3/t9-,10+,11?,12?,14?,15-/m1/s1. The van der Waals surface area contributed by atoms with E-state index in [0.29, 0.717) is 16.9 Å². The first-order valence-corrected chi connectivity index (χ1v) is 7.09. The lowest BCUT2D eigenvalue weighted by Gasteiger charge is -2.37. The van der Waals surface area contributed by atoms with E-state index in [9.17, 15) is 0 Å². The zero-order chi connectivity index (χ0) is 11.3. The molecule has 1 heterocycles. The minimum absolute atomic E-state index is 0.263. The van der Waals surface area contributed by atoms with Gasteiger partial charge >= 0.3 is 0 Å². The first kappa shape index (κ1) is 9.94. The Hall–Kier alpha value is -0.0400. The molecule has 4 fully saturated rings. The average Bonchev–Trinajstić information content (AvgIpc) is 2.67. The molecule has 3 aliphatic carbocycles. The van der Waals surface area contributed by atoms with Crippen LogP contribution in [0.5, 0.6) is 0 Å². The van der Waals surface area contributed by atoms with Crippen molar-refractivity contribution in [3.05, 3.63) is 0 Å². The van der Waals surface area contributed by atoms with E-state index in [1.807, 2.05) is 0 Å². The molecule has 16 heavy (non-hydrogen) atoms. The Kier molecular flexibility index (Phi) is 1.48. The van der Waals surface area contributed by atoms with E-state index < -0.39 is 0 Å². The predicted octanol–water partition coefficient (Wildman–Crippen LogP) is 3.63. The largest absolute Gasteiger partial charge is 0.366 e. The smallest absolute Gasteiger partial charge is 0.0954 e. The highest BCUT2D eigenvalue weighted by atomic mass is 16.6. The highest BCUT2D eigenvalue weighted by Crippen LogP contribution is 2.77. The summed E-state index contributed by atoms with van der Waals surface area (Å²) in [6.45, 7) is 9.93. The fourth-order valence-electron chi connectivity index (χ4n) is 6.21. The Bertz CT molecular complexity index is 356. The SMILES string of the molecule is C[C@@H]1CC[C@H]2C(C)(C)C3C[C@@]12CC1OC13C. The van der Waals surface area contributed by atoms with Gasteiger partial charge in [0, 0.05) is 0 Å². The van der Waals surface area contributed by atoms with Gasteiger partial charge in [0.25, 0.3) is 0 Å². The number of fused-ring (bicyclic) bond motifs is 3. The lowest BCUT2D eigenvalue weighted by Crippen LogP contribution is -2.36. The van der Waals surface area contributed by atoms with Crippen LogP contribution < -0.4 is 0 Å². The van der Waals surface area contributed by atoms with E-state index in [4.69, 9.17) is 4.74 Å². The molecule has 0 amide bonds. The zero-order valence-electron chi connectivity index (χ0n) is 11.0. The van der Waals surface area contributed by atoms with Crippen LogP contribution in [0.3, 0.4) is 0 Å². The van der Waals surface area contributed by atoms with E-state index in [1.54, 1.807) is 0 Å². The molecule has 3 unspecified atom stereocenters. The number of hydrogen-bond donors (Lipinski definition) is 0. The fourth-order valence-corrected chi connectivity index (χ4v) is 6.21. The molecule has 1 nitrogen and oxygen atoms in total. The van der Waals surface area contributed by atoms with Crippen molar-refractivity contribution in [3.8, 4) is 0 Å². The number of epoxide rings is 1. The number of hydrogen-bond acceptors (Lipinski definition) is 1. The second-order valence-electron chi connectivity index (χ2n) is 7.84. The third-order valence-electron chi connectivity index (χ3n) is 7.18. The van der Waals surface area contributed by atoms with Gasteiger partial charge in [-0.05, 0) is 61.2 Å². The van der Waals surface area contributed by atoms with Crippen LogP contribution in [-0.2, 0) is 4.74 Å². The van der Waals surface area contributed by atoms with Crippen LogP contribution in [0.15, 0.2) is 0 Å². The lowest BCUT2D eigenvalue weighted by atomic mass is 9.66. The van der Waals surface area contributed by atoms with E-state index >= 15 is 0 Å². The summed E-state index contributed by atoms with van der Waals surface area (Å²) in [6, 6.07) is 0. The quantitative estimate of drug-likeness (QED) is 0.568. The van der Waals surface area contributed by atoms with Crippen LogP contribution >= 0.6 is 0 Å². The summed E-state index contributed by atoms with van der Waals surface area (Å²) in [6.07, 6.45) is 6.38. The van der Waals surface area contributed by atoms with E-state index in [2.05, 4.69) is 27.7 Å². The molecular weight excluding hydrogens is 196 g/mol. The van der Waals surface area contributed by atoms with Gasteiger partial charge in [-0.25, -0.2) is 0 Å². The van der Waals surface area contributed by atoms with Crippen molar-refractivity contribution < 1.29 is 4.74 Å². The van der Waals surface area contributed by atoms with Crippen LogP contribution in [0.4, 0.5) is 0 Å². The lowest BCUT2D eigenvalue weighted by molar-refractivity contribution is 0.0866. The molecule has 3 saturated carbocycles. The Morgan fingerprint density at radius 3 is 2.50 bits per heavy atom. The van der Waals surface area contributed by atoms with Crippen LogP contribution in [0.2, 0.25) is 0 Å². The molecule has 0 N–H and O–H groups in total. The van der Waals surface area contributed by atoms with Crippen LogP contribution in [-0.4, -0.2) is 11.7 Å². The molecule has 0 radical (unpaired) electrons. The second-order valence-corrected chi connectivity index (χ2v) is 7.84. The van der Waals surface area contributed by atoms with E-state index in [0.717, 1.165) is 17.8 Å². The first-order valence-electron chi connectivity index (χ1n) is 7.09. The summed E-state index contributed by atoms with van der Waals surface area (Å²) in [5, 5.41) is 0. The van der Waals surface area contributed by atoms with E-state index in [-0.39, 0.29) is 5.60 Å². The van der Waals surface area contributed by atoms with E-state index in [1.165, 1.54) is 25.7 Å². The normalized spacial score (nSPS) is 65.2. The van der Waals surface area contributed by atoms with Crippen molar-refractivity contribution in [2.45, 2.75) is 65.1 Å². The van der Waals surface area contributed by atoms with Crippen molar-refractivity contribution in [1.29, 1.82) is 0 Å². The molecule has 2 bridgehead atoms. The molecule has 0 aromatic rings. The highest BCUT2D eigenvalue weighted by Gasteiger charge is 2.76. The van der Waals surface area contributed by atoms with Gasteiger partial charge in [-0.3, -0.25) is 0 Å². The van der Waals surface area contributed by atoms with Crippen molar-refractivity contribution in [2.75, 3.05) is 0 Å². The molecule has 0 aromatic heterocycles. The third-order valence-corrected chi connectivity index (χ3v) is 7.18. The Labute approximate surface area is 98.9 Å². The fraction of sp³-hybridized carbons (Fsp3) is 1.00. The average molecular weight is 220 g/mol. The third kappa shape index (κ3) is 0.805. The summed E-state index contributed by atoms with van der Waals surface area (Å²) in [5.74, 6) is 2.75. The second kappa shape index (κ2) is 2.39. The Morgan fingerprint density at radius 2 is 1.75 bits per heavy atom. The molecular formula is C15H24O. The summed E-state index contributed by atoms with van der Waals surface area (Å²) < 4.78 is 6.09. The first-order chi connectivity index (χ1) is 7.41. The summed E-state index contributed by atoms with van der Waals surface area (Å²) >= 11 is 0. The maximum Gasteiger partial charge on any atom is 0.0954 e. The summed E-state index contributed by atoms with van der Waals surface area (Å²) in [7, 11) is 0. The van der Waals surface area contributed by atoms with Gasteiger partial charge in [-0.2, -0.15) is 0 Å². The van der Waals surface area contributed by atoms with Gasteiger partial charge in [-0.1, -0.05) is 20.8 Å². The molecule has 0 aromatic carbocycles. The minimum Gasteiger partial charge on any atom is -0.366 e. The minimum atomic E-state index is 0.263. The zero-order valence-corrected chi connectivity index (χ0v) is 11.0. The van der Waals surface area contributed by atoms with Gasteiger partial charge < -0.3 is 4.74 Å². The van der Waals surface area contributed by atoms with Crippen molar-refractivity contribution in [3.63, 3.8) is 0 Å². The van der Waals surface area contributed by atoms with Gasteiger partial charge in [0.1, 0.15) is 0 Å². The molecule has 1 spiro atoms. The van der Waals surface area contributed by atoms with Gasteiger partial charge in [0.2, 0.25) is 0 Å². The maximum absolute atomic E-state index is 6.09. The number of rotatable bonds is 0.